The third-order valence-electron chi connectivity index (χ3n) is 3.15. The van der Waals surface area contributed by atoms with Gasteiger partial charge >= 0.3 is 0 Å². The molecule has 3 rings (SSSR count). The van der Waals surface area contributed by atoms with Gasteiger partial charge in [-0.2, -0.15) is 0 Å². The first-order valence-electron chi connectivity index (χ1n) is 6.12. The summed E-state index contributed by atoms with van der Waals surface area (Å²) >= 11 is 3.23. The summed E-state index contributed by atoms with van der Waals surface area (Å²) in [6, 6.07) is 13.8. The fourth-order valence-electron chi connectivity index (χ4n) is 2.18. The van der Waals surface area contributed by atoms with E-state index in [-0.39, 0.29) is 5.82 Å². The van der Waals surface area contributed by atoms with Crippen LogP contribution in [0.4, 0.5) is 4.39 Å². The first kappa shape index (κ1) is 13.2. The Balaban J connectivity index is 2.05. The lowest BCUT2D eigenvalue weighted by Crippen LogP contribution is -2.00. The predicted molar refractivity (Wildman–Crippen MR) is 79.9 cm³/mol. The Bertz CT molecular complexity index is 755. The molecular weight excluding hydrogens is 321 g/mol. The smallest absolute Gasteiger partial charge is 0.124 e. The molecule has 1 unspecified atom stereocenters. The number of nitrogens with zero attached hydrogens (tertiary/aromatic N) is 1. The Morgan fingerprint density at radius 1 is 1.05 bits per heavy atom. The molecule has 1 N–H and O–H groups in total. The van der Waals surface area contributed by atoms with Crippen molar-refractivity contribution >= 4 is 26.8 Å². The predicted octanol–water partition coefficient (Wildman–Crippen LogP) is 4.22. The van der Waals surface area contributed by atoms with Crippen LogP contribution in [0.1, 0.15) is 17.2 Å². The molecule has 0 aliphatic rings. The van der Waals surface area contributed by atoms with Gasteiger partial charge < -0.3 is 5.11 Å². The zero-order valence-electron chi connectivity index (χ0n) is 10.4. The largest absolute Gasteiger partial charge is 0.384 e. The minimum atomic E-state index is -0.881. The van der Waals surface area contributed by atoms with E-state index < -0.39 is 6.10 Å². The van der Waals surface area contributed by atoms with Gasteiger partial charge in [0.1, 0.15) is 11.9 Å². The van der Waals surface area contributed by atoms with E-state index in [4.69, 9.17) is 0 Å². The summed E-state index contributed by atoms with van der Waals surface area (Å²) in [7, 11) is 0. The number of aliphatic hydroxyl groups is 1. The summed E-state index contributed by atoms with van der Waals surface area (Å²) in [5, 5.41) is 11.4. The van der Waals surface area contributed by atoms with E-state index in [9.17, 15) is 9.50 Å². The second-order valence-corrected chi connectivity index (χ2v) is 5.48. The number of rotatable bonds is 2. The maximum absolute atomic E-state index is 13.4. The van der Waals surface area contributed by atoms with Gasteiger partial charge in [0.05, 0.1) is 5.52 Å². The Hall–Kier alpha value is -1.78. The first-order valence-corrected chi connectivity index (χ1v) is 6.91. The molecule has 2 aromatic carbocycles. The molecule has 1 heterocycles. The monoisotopic (exact) mass is 331 g/mol. The number of benzene rings is 2. The number of aromatic nitrogens is 1. The van der Waals surface area contributed by atoms with E-state index in [0.29, 0.717) is 15.6 Å². The number of fused-ring (bicyclic) bond motifs is 1. The SMILES string of the molecule is OC(c1cc(F)cc(Br)c1)c1ccc2cccnc2c1. The van der Waals surface area contributed by atoms with Gasteiger partial charge in [-0.15, -0.1) is 0 Å². The van der Waals surface area contributed by atoms with Crippen molar-refractivity contribution in [1.29, 1.82) is 0 Å². The van der Waals surface area contributed by atoms with Crippen molar-refractivity contribution in [2.24, 2.45) is 0 Å². The number of hydrogen-bond acceptors (Lipinski definition) is 2. The zero-order valence-corrected chi connectivity index (χ0v) is 12.0. The van der Waals surface area contributed by atoms with Crippen LogP contribution in [-0.2, 0) is 0 Å². The molecule has 0 saturated heterocycles. The Labute approximate surface area is 124 Å². The maximum Gasteiger partial charge on any atom is 0.124 e. The van der Waals surface area contributed by atoms with Crippen molar-refractivity contribution in [3.05, 3.63) is 76.1 Å². The van der Waals surface area contributed by atoms with Crippen LogP contribution in [-0.4, -0.2) is 10.1 Å². The molecule has 1 atom stereocenters. The second kappa shape index (κ2) is 5.31. The normalized spacial score (nSPS) is 12.6. The van der Waals surface area contributed by atoms with Crippen LogP contribution in [0.5, 0.6) is 0 Å². The van der Waals surface area contributed by atoms with Crippen LogP contribution < -0.4 is 0 Å². The highest BCUT2D eigenvalue weighted by Gasteiger charge is 2.13. The molecule has 0 amide bonds. The maximum atomic E-state index is 13.4. The van der Waals surface area contributed by atoms with Gasteiger partial charge in [0.15, 0.2) is 0 Å². The molecule has 20 heavy (non-hydrogen) atoms. The van der Waals surface area contributed by atoms with Crippen molar-refractivity contribution in [3.63, 3.8) is 0 Å². The standard InChI is InChI=1S/C16H11BrFNO/c17-13-6-12(7-14(18)9-13)16(20)11-4-3-10-2-1-5-19-15(10)8-11/h1-9,16,20H. The van der Waals surface area contributed by atoms with Gasteiger partial charge in [-0.05, 0) is 41.5 Å². The molecule has 1 aromatic heterocycles. The van der Waals surface area contributed by atoms with Gasteiger partial charge in [-0.3, -0.25) is 4.98 Å². The minimum absolute atomic E-state index is 0.382. The summed E-state index contributed by atoms with van der Waals surface area (Å²) < 4.78 is 14.0. The summed E-state index contributed by atoms with van der Waals surface area (Å²) in [5.41, 5.74) is 2.00. The first-order chi connectivity index (χ1) is 9.63. The van der Waals surface area contributed by atoms with Crippen LogP contribution in [0.25, 0.3) is 10.9 Å². The molecule has 2 nitrogen and oxygen atoms in total. The van der Waals surface area contributed by atoms with Gasteiger partial charge in [0.25, 0.3) is 0 Å². The Kier molecular flexibility index (Phi) is 3.51. The molecule has 0 bridgehead atoms. The molecule has 100 valence electrons. The number of hydrogen-bond donors (Lipinski definition) is 1. The molecule has 3 aromatic rings. The highest BCUT2D eigenvalue weighted by atomic mass is 79.9. The number of halogens is 2. The Morgan fingerprint density at radius 3 is 2.70 bits per heavy atom. The quantitative estimate of drug-likeness (QED) is 0.762. The molecule has 0 aliphatic heterocycles. The fourth-order valence-corrected chi connectivity index (χ4v) is 2.66. The van der Waals surface area contributed by atoms with E-state index in [1.165, 1.54) is 12.1 Å². The summed E-state index contributed by atoms with van der Waals surface area (Å²) in [6.45, 7) is 0. The molecule has 0 fully saturated rings. The summed E-state index contributed by atoms with van der Waals surface area (Å²) in [5.74, 6) is -0.382. The highest BCUT2D eigenvalue weighted by Crippen LogP contribution is 2.27. The molecule has 0 spiro atoms. The van der Waals surface area contributed by atoms with E-state index in [0.717, 1.165) is 10.9 Å². The third kappa shape index (κ3) is 2.57. The highest BCUT2D eigenvalue weighted by molar-refractivity contribution is 9.10. The van der Waals surface area contributed by atoms with E-state index in [2.05, 4.69) is 20.9 Å². The van der Waals surface area contributed by atoms with E-state index in [1.54, 1.807) is 12.3 Å². The summed E-state index contributed by atoms with van der Waals surface area (Å²) in [4.78, 5) is 4.26. The molecule has 4 heteroatoms. The average Bonchev–Trinajstić information content (AvgIpc) is 2.45. The van der Waals surface area contributed by atoms with Crippen molar-refractivity contribution in [2.75, 3.05) is 0 Å². The minimum Gasteiger partial charge on any atom is -0.384 e. The van der Waals surface area contributed by atoms with E-state index in [1.807, 2.05) is 30.3 Å². The van der Waals surface area contributed by atoms with Crippen molar-refractivity contribution in [1.82, 2.24) is 4.98 Å². The zero-order chi connectivity index (χ0) is 14.1. The van der Waals surface area contributed by atoms with Gasteiger partial charge in [0, 0.05) is 16.1 Å². The van der Waals surface area contributed by atoms with Crippen LogP contribution in [0, 0.1) is 5.82 Å². The van der Waals surface area contributed by atoms with Crippen LogP contribution in [0.15, 0.2) is 59.2 Å². The lowest BCUT2D eigenvalue weighted by atomic mass is 10.00. The fraction of sp³-hybridized carbons (Fsp3) is 0.0625. The van der Waals surface area contributed by atoms with E-state index >= 15 is 0 Å². The number of pyridine rings is 1. The van der Waals surface area contributed by atoms with Gasteiger partial charge in [-0.1, -0.05) is 34.1 Å². The third-order valence-corrected chi connectivity index (χ3v) is 3.60. The topological polar surface area (TPSA) is 33.1 Å². The van der Waals surface area contributed by atoms with Gasteiger partial charge in [0.2, 0.25) is 0 Å². The second-order valence-electron chi connectivity index (χ2n) is 4.56. The molecule has 0 aliphatic carbocycles. The van der Waals surface area contributed by atoms with Crippen molar-refractivity contribution < 1.29 is 9.50 Å². The summed E-state index contributed by atoms with van der Waals surface area (Å²) in [6.07, 6.45) is 0.825. The van der Waals surface area contributed by atoms with Crippen LogP contribution in [0.2, 0.25) is 0 Å². The number of aliphatic hydroxyl groups excluding tert-OH is 1. The van der Waals surface area contributed by atoms with Crippen LogP contribution >= 0.6 is 15.9 Å². The van der Waals surface area contributed by atoms with Crippen LogP contribution in [0.3, 0.4) is 0 Å². The molecule has 0 radical (unpaired) electrons. The molecular formula is C16H11BrFNO. The Morgan fingerprint density at radius 2 is 1.90 bits per heavy atom. The molecule has 0 saturated carbocycles. The lowest BCUT2D eigenvalue weighted by molar-refractivity contribution is 0.220. The van der Waals surface area contributed by atoms with Crippen molar-refractivity contribution in [2.45, 2.75) is 6.10 Å². The van der Waals surface area contributed by atoms with Gasteiger partial charge in [-0.25, -0.2) is 4.39 Å². The average molecular weight is 332 g/mol. The lowest BCUT2D eigenvalue weighted by Gasteiger charge is -2.12. The van der Waals surface area contributed by atoms with Crippen molar-refractivity contribution in [3.8, 4) is 0 Å².